The van der Waals surface area contributed by atoms with Crippen LogP contribution in [0.2, 0.25) is 0 Å². The minimum atomic E-state index is -0.512. The zero-order valence-electron chi connectivity index (χ0n) is 13.5. The van der Waals surface area contributed by atoms with Gasteiger partial charge >= 0.3 is 0 Å². The molecule has 1 amide bonds. The van der Waals surface area contributed by atoms with Crippen LogP contribution in [0.1, 0.15) is 57.2 Å². The topological polar surface area (TPSA) is 77.3 Å². The molecule has 3 fully saturated rings. The van der Waals surface area contributed by atoms with Gasteiger partial charge in [0.15, 0.2) is 5.82 Å². The molecule has 6 nitrogen and oxygen atoms in total. The molecule has 1 aromatic heterocycles. The predicted molar refractivity (Wildman–Crippen MR) is 82.3 cm³/mol. The summed E-state index contributed by atoms with van der Waals surface area (Å²) in [5.41, 5.74) is -0.512. The van der Waals surface area contributed by atoms with Gasteiger partial charge in [0, 0.05) is 32.0 Å². The number of carbonyl (C=O) groups excluding carboxylic acids is 1. The van der Waals surface area contributed by atoms with Gasteiger partial charge in [0.05, 0.1) is 0 Å². The van der Waals surface area contributed by atoms with Crippen molar-refractivity contribution in [2.75, 3.05) is 13.2 Å². The van der Waals surface area contributed by atoms with Crippen LogP contribution in [0.15, 0.2) is 10.9 Å². The van der Waals surface area contributed by atoms with Crippen molar-refractivity contribution in [1.29, 1.82) is 0 Å². The number of nitrogens with one attached hydrogen (secondary N) is 1. The molecule has 0 aromatic carbocycles. The first-order chi connectivity index (χ1) is 11.3. The fourth-order valence-electron chi connectivity index (χ4n) is 4.43. The quantitative estimate of drug-likeness (QED) is 0.922. The second-order valence-electron chi connectivity index (χ2n) is 7.34. The van der Waals surface area contributed by atoms with Gasteiger partial charge in [0.1, 0.15) is 5.54 Å². The van der Waals surface area contributed by atoms with Crippen molar-refractivity contribution in [2.45, 2.75) is 56.9 Å². The normalized spacial score (nSPS) is 30.8. The number of aromatic nitrogens is 2. The van der Waals surface area contributed by atoms with Gasteiger partial charge < -0.3 is 14.6 Å². The summed E-state index contributed by atoms with van der Waals surface area (Å²) in [5, 5.41) is 7.26. The Morgan fingerprint density at radius 2 is 2.00 bits per heavy atom. The largest absolute Gasteiger partial charge is 0.381 e. The van der Waals surface area contributed by atoms with Crippen molar-refractivity contribution in [3.05, 3.63) is 12.2 Å². The average molecular weight is 319 g/mol. The SMILES string of the molecule is O=C(NC1(c2ncon2)CCOCC1)C1CC1C1CCCCC1. The maximum Gasteiger partial charge on any atom is 0.224 e. The van der Waals surface area contributed by atoms with Crippen molar-refractivity contribution >= 4 is 5.91 Å². The summed E-state index contributed by atoms with van der Waals surface area (Å²) in [6, 6.07) is 0. The van der Waals surface area contributed by atoms with E-state index in [9.17, 15) is 4.79 Å². The number of amides is 1. The van der Waals surface area contributed by atoms with E-state index in [1.54, 1.807) is 0 Å². The molecule has 1 saturated heterocycles. The zero-order valence-corrected chi connectivity index (χ0v) is 13.5. The molecule has 126 valence electrons. The third-order valence-electron chi connectivity index (χ3n) is 5.93. The molecule has 0 radical (unpaired) electrons. The molecular formula is C17H25N3O3. The lowest BCUT2D eigenvalue weighted by Gasteiger charge is -2.35. The van der Waals surface area contributed by atoms with Gasteiger partial charge in [0.25, 0.3) is 0 Å². The highest BCUT2D eigenvalue weighted by Crippen LogP contribution is 2.50. The third-order valence-corrected chi connectivity index (χ3v) is 5.93. The number of carbonyl (C=O) groups is 1. The Balaban J connectivity index is 1.42. The lowest BCUT2D eigenvalue weighted by Crippen LogP contribution is -2.51. The average Bonchev–Trinajstić information content (AvgIpc) is 3.21. The number of nitrogens with zero attached hydrogens (tertiary/aromatic N) is 2. The first kappa shape index (κ1) is 15.1. The Hall–Kier alpha value is -1.43. The molecule has 0 bridgehead atoms. The predicted octanol–water partition coefficient (Wildman–Crippen LogP) is 2.41. The fraction of sp³-hybridized carbons (Fsp3) is 0.824. The van der Waals surface area contributed by atoms with E-state index in [4.69, 9.17) is 9.26 Å². The molecule has 1 aliphatic heterocycles. The maximum atomic E-state index is 12.8. The van der Waals surface area contributed by atoms with Gasteiger partial charge in [-0.25, -0.2) is 0 Å². The Morgan fingerprint density at radius 3 is 2.70 bits per heavy atom. The molecule has 2 heterocycles. The van der Waals surface area contributed by atoms with Crippen LogP contribution in [-0.4, -0.2) is 29.3 Å². The number of hydrogen-bond acceptors (Lipinski definition) is 5. The first-order valence-electron chi connectivity index (χ1n) is 8.95. The van der Waals surface area contributed by atoms with Gasteiger partial charge in [-0.1, -0.05) is 37.3 Å². The van der Waals surface area contributed by atoms with Crippen molar-refractivity contribution in [1.82, 2.24) is 15.5 Å². The minimum absolute atomic E-state index is 0.173. The summed E-state index contributed by atoms with van der Waals surface area (Å²) < 4.78 is 10.4. The molecular weight excluding hydrogens is 294 g/mol. The Morgan fingerprint density at radius 1 is 1.22 bits per heavy atom. The number of hydrogen-bond donors (Lipinski definition) is 1. The molecule has 2 saturated carbocycles. The van der Waals surface area contributed by atoms with E-state index in [1.165, 1.54) is 38.5 Å². The van der Waals surface area contributed by atoms with Crippen LogP contribution in [-0.2, 0) is 15.1 Å². The van der Waals surface area contributed by atoms with Gasteiger partial charge in [-0.3, -0.25) is 4.79 Å². The minimum Gasteiger partial charge on any atom is -0.381 e. The Bertz CT molecular complexity index is 533. The zero-order chi connectivity index (χ0) is 15.7. The molecule has 6 heteroatoms. The van der Waals surface area contributed by atoms with Crippen molar-refractivity contribution < 1.29 is 14.1 Å². The first-order valence-corrected chi connectivity index (χ1v) is 8.95. The number of rotatable bonds is 4. The number of ether oxygens (including phenoxy) is 1. The van der Waals surface area contributed by atoms with Gasteiger partial charge in [-0.05, 0) is 18.3 Å². The van der Waals surface area contributed by atoms with Gasteiger partial charge in [-0.15, -0.1) is 0 Å². The van der Waals surface area contributed by atoms with Crippen LogP contribution in [0.3, 0.4) is 0 Å². The van der Waals surface area contributed by atoms with Crippen molar-refractivity contribution in [3.63, 3.8) is 0 Å². The van der Waals surface area contributed by atoms with E-state index in [1.807, 2.05) is 0 Å². The Labute approximate surface area is 136 Å². The third kappa shape index (κ3) is 3.01. The lowest BCUT2D eigenvalue weighted by molar-refractivity contribution is -0.126. The standard InChI is InChI=1S/C17H25N3O3/c21-15(14-10-13(14)12-4-2-1-3-5-12)19-17(6-8-22-9-7-17)16-18-11-23-20-16/h11-14H,1-10H2,(H,19,21). The smallest absolute Gasteiger partial charge is 0.224 e. The van der Waals surface area contributed by atoms with E-state index in [-0.39, 0.29) is 11.8 Å². The highest BCUT2D eigenvalue weighted by Gasteiger charge is 2.50. The fourth-order valence-corrected chi connectivity index (χ4v) is 4.43. The van der Waals surface area contributed by atoms with Gasteiger partial charge in [-0.2, -0.15) is 4.98 Å². The van der Waals surface area contributed by atoms with Crippen molar-refractivity contribution in [2.24, 2.45) is 17.8 Å². The van der Waals surface area contributed by atoms with E-state index in [0.29, 0.717) is 37.8 Å². The molecule has 4 rings (SSSR count). The summed E-state index contributed by atoms with van der Waals surface area (Å²) in [6.07, 6.45) is 10.4. The summed E-state index contributed by atoms with van der Waals surface area (Å²) >= 11 is 0. The van der Waals surface area contributed by atoms with E-state index < -0.39 is 5.54 Å². The second-order valence-corrected chi connectivity index (χ2v) is 7.34. The Kier molecular flexibility index (Phi) is 4.09. The summed E-state index contributed by atoms with van der Waals surface area (Å²) in [5.74, 6) is 2.30. The summed E-state index contributed by atoms with van der Waals surface area (Å²) in [4.78, 5) is 17.0. The molecule has 2 unspecified atom stereocenters. The van der Waals surface area contributed by atoms with Crippen LogP contribution >= 0.6 is 0 Å². The second kappa shape index (κ2) is 6.23. The monoisotopic (exact) mass is 319 g/mol. The summed E-state index contributed by atoms with van der Waals surface area (Å²) in [7, 11) is 0. The van der Waals surface area contributed by atoms with Crippen LogP contribution in [0.25, 0.3) is 0 Å². The van der Waals surface area contributed by atoms with Crippen LogP contribution in [0, 0.1) is 17.8 Å². The molecule has 2 atom stereocenters. The lowest BCUT2D eigenvalue weighted by atomic mass is 9.84. The molecule has 3 aliphatic rings. The highest BCUT2D eigenvalue weighted by atomic mass is 16.5. The maximum absolute atomic E-state index is 12.8. The van der Waals surface area contributed by atoms with Gasteiger partial charge in [0.2, 0.25) is 12.3 Å². The van der Waals surface area contributed by atoms with Crippen LogP contribution in [0.5, 0.6) is 0 Å². The van der Waals surface area contributed by atoms with E-state index in [0.717, 1.165) is 12.3 Å². The summed E-state index contributed by atoms with van der Waals surface area (Å²) in [6.45, 7) is 1.23. The van der Waals surface area contributed by atoms with E-state index in [2.05, 4.69) is 15.5 Å². The molecule has 1 aromatic rings. The van der Waals surface area contributed by atoms with E-state index >= 15 is 0 Å². The van der Waals surface area contributed by atoms with Crippen LogP contribution < -0.4 is 5.32 Å². The molecule has 0 spiro atoms. The molecule has 1 N–H and O–H groups in total. The van der Waals surface area contributed by atoms with Crippen molar-refractivity contribution in [3.8, 4) is 0 Å². The molecule has 2 aliphatic carbocycles. The molecule has 23 heavy (non-hydrogen) atoms. The highest BCUT2D eigenvalue weighted by molar-refractivity contribution is 5.82. The van der Waals surface area contributed by atoms with Crippen LogP contribution in [0.4, 0.5) is 0 Å².